The van der Waals surface area contributed by atoms with E-state index in [1.807, 2.05) is 0 Å². The second kappa shape index (κ2) is 4.33. The van der Waals surface area contributed by atoms with E-state index in [-0.39, 0.29) is 5.69 Å². The molecule has 1 N–H and O–H groups in total. The third-order valence-electron chi connectivity index (χ3n) is 1.59. The van der Waals surface area contributed by atoms with Gasteiger partial charge < -0.3 is 5.11 Å². The van der Waals surface area contributed by atoms with E-state index in [9.17, 15) is 4.79 Å². The van der Waals surface area contributed by atoms with Gasteiger partial charge in [0.15, 0.2) is 10.8 Å². The van der Waals surface area contributed by atoms with Crippen LogP contribution in [0, 0.1) is 7.40 Å². The van der Waals surface area contributed by atoms with Crippen LogP contribution in [0.1, 0.15) is 10.5 Å². The zero-order valence-electron chi connectivity index (χ0n) is 7.02. The summed E-state index contributed by atoms with van der Waals surface area (Å²) in [6, 6.07) is 0. The lowest BCUT2D eigenvalue weighted by Gasteiger charge is -1.96. The molecule has 2 aromatic rings. The van der Waals surface area contributed by atoms with Crippen molar-refractivity contribution in [1.82, 2.24) is 14.5 Å². The highest BCUT2D eigenvalue weighted by Gasteiger charge is 2.13. The highest BCUT2D eigenvalue weighted by Crippen LogP contribution is 2.21. The first-order chi connectivity index (χ1) is 7.09. The SMILES string of the molecule is O=C(O)c1csc(-n2cnc(I)c2I)n1. The lowest BCUT2D eigenvalue weighted by molar-refractivity contribution is 0.0691. The molecule has 78 valence electrons. The number of carbonyl (C=O) groups is 1. The number of imidazole rings is 1. The zero-order chi connectivity index (χ0) is 11.0. The van der Waals surface area contributed by atoms with Crippen molar-refractivity contribution in [3.05, 3.63) is 24.8 Å². The summed E-state index contributed by atoms with van der Waals surface area (Å²) in [5, 5.41) is 10.9. The molecule has 0 saturated carbocycles. The maximum atomic E-state index is 10.7. The number of aromatic carboxylic acids is 1. The van der Waals surface area contributed by atoms with Crippen LogP contribution in [0.3, 0.4) is 0 Å². The molecular formula is C7H3I2N3O2S. The molecule has 0 aliphatic rings. The van der Waals surface area contributed by atoms with Crippen molar-refractivity contribution in [3.63, 3.8) is 0 Å². The minimum absolute atomic E-state index is 0.0644. The Morgan fingerprint density at radius 2 is 2.27 bits per heavy atom. The minimum Gasteiger partial charge on any atom is -0.476 e. The molecule has 0 bridgehead atoms. The normalized spacial score (nSPS) is 10.5. The van der Waals surface area contributed by atoms with Gasteiger partial charge in [-0.3, -0.25) is 4.57 Å². The van der Waals surface area contributed by atoms with Crippen LogP contribution in [0.15, 0.2) is 11.7 Å². The molecule has 0 aromatic carbocycles. The number of hydrogen-bond acceptors (Lipinski definition) is 4. The monoisotopic (exact) mass is 447 g/mol. The average Bonchev–Trinajstić information content (AvgIpc) is 2.76. The van der Waals surface area contributed by atoms with Gasteiger partial charge in [0, 0.05) is 5.38 Å². The first-order valence-electron chi connectivity index (χ1n) is 3.67. The molecule has 0 unspecified atom stereocenters. The van der Waals surface area contributed by atoms with Gasteiger partial charge in [-0.25, -0.2) is 14.8 Å². The number of aromatic nitrogens is 3. The molecule has 2 rings (SSSR count). The summed E-state index contributed by atoms with van der Waals surface area (Å²) >= 11 is 5.54. The Bertz CT molecular complexity index is 522. The van der Waals surface area contributed by atoms with Crippen LogP contribution < -0.4 is 0 Å². The lowest BCUT2D eigenvalue weighted by atomic mass is 10.5. The number of thiazole rings is 1. The molecule has 15 heavy (non-hydrogen) atoms. The molecule has 2 heterocycles. The molecule has 0 fully saturated rings. The molecule has 0 radical (unpaired) electrons. The van der Waals surface area contributed by atoms with Gasteiger partial charge in [-0.2, -0.15) is 0 Å². The molecule has 0 spiro atoms. The highest BCUT2D eigenvalue weighted by molar-refractivity contribution is 14.1. The number of carboxylic acid groups (broad SMARTS) is 1. The van der Waals surface area contributed by atoms with Crippen molar-refractivity contribution in [2.24, 2.45) is 0 Å². The molecule has 0 atom stereocenters. The lowest BCUT2D eigenvalue weighted by Crippen LogP contribution is -1.99. The summed E-state index contributed by atoms with van der Waals surface area (Å²) in [7, 11) is 0. The van der Waals surface area contributed by atoms with Crippen LogP contribution >= 0.6 is 56.5 Å². The van der Waals surface area contributed by atoms with E-state index < -0.39 is 5.97 Å². The van der Waals surface area contributed by atoms with Crippen LogP contribution in [0.4, 0.5) is 0 Å². The van der Waals surface area contributed by atoms with Crippen molar-refractivity contribution in [3.8, 4) is 5.13 Å². The molecule has 0 aliphatic carbocycles. The van der Waals surface area contributed by atoms with Crippen LogP contribution in [0.2, 0.25) is 0 Å². The molecule has 2 aromatic heterocycles. The number of hydrogen-bond donors (Lipinski definition) is 1. The van der Waals surface area contributed by atoms with E-state index in [0.29, 0.717) is 5.13 Å². The van der Waals surface area contributed by atoms with Crippen molar-refractivity contribution < 1.29 is 9.90 Å². The maximum Gasteiger partial charge on any atom is 0.355 e. The summed E-state index contributed by atoms with van der Waals surface area (Å²) in [5.41, 5.74) is 0.0644. The predicted octanol–water partition coefficient (Wildman–Crippen LogP) is 2.24. The molecule has 5 nitrogen and oxygen atoms in total. The third-order valence-corrected chi connectivity index (χ3v) is 5.28. The average molecular weight is 447 g/mol. The highest BCUT2D eigenvalue weighted by atomic mass is 127. The summed E-state index contributed by atoms with van der Waals surface area (Å²) < 4.78 is 3.57. The molecule has 0 aliphatic heterocycles. The van der Waals surface area contributed by atoms with E-state index in [1.54, 1.807) is 10.9 Å². The summed E-state index contributed by atoms with van der Waals surface area (Å²) in [6.45, 7) is 0. The van der Waals surface area contributed by atoms with E-state index in [4.69, 9.17) is 5.11 Å². The first-order valence-corrected chi connectivity index (χ1v) is 6.71. The van der Waals surface area contributed by atoms with Crippen LogP contribution in [0.25, 0.3) is 5.13 Å². The van der Waals surface area contributed by atoms with Gasteiger partial charge in [0.25, 0.3) is 0 Å². The van der Waals surface area contributed by atoms with Gasteiger partial charge in [0.1, 0.15) is 13.7 Å². The van der Waals surface area contributed by atoms with Gasteiger partial charge >= 0.3 is 5.97 Å². The number of nitrogens with zero attached hydrogens (tertiary/aromatic N) is 3. The fourth-order valence-corrected chi connectivity index (χ4v) is 2.73. The minimum atomic E-state index is -1.01. The van der Waals surface area contributed by atoms with E-state index in [2.05, 4.69) is 55.1 Å². The van der Waals surface area contributed by atoms with Crippen molar-refractivity contribution in [1.29, 1.82) is 0 Å². The Morgan fingerprint density at radius 1 is 1.53 bits per heavy atom. The largest absolute Gasteiger partial charge is 0.476 e. The van der Waals surface area contributed by atoms with E-state index >= 15 is 0 Å². The van der Waals surface area contributed by atoms with Crippen LogP contribution in [-0.4, -0.2) is 25.6 Å². The predicted molar refractivity (Wildman–Crippen MR) is 71.6 cm³/mol. The fraction of sp³-hybridized carbons (Fsp3) is 0. The Hall–Kier alpha value is -0.230. The number of halogens is 2. The van der Waals surface area contributed by atoms with Gasteiger partial charge in [-0.15, -0.1) is 11.3 Å². The van der Waals surface area contributed by atoms with Crippen molar-refractivity contribution >= 4 is 62.5 Å². The number of rotatable bonds is 2. The second-order valence-corrected chi connectivity index (χ2v) is 5.40. The van der Waals surface area contributed by atoms with E-state index in [0.717, 1.165) is 7.40 Å². The number of carboxylic acids is 1. The standard InChI is InChI=1S/C7H3I2N3O2S/c8-4-5(9)12(2-10-4)7-11-3(1-15-7)6(13)14/h1-2H,(H,13,14). The molecular weight excluding hydrogens is 444 g/mol. The Labute approximate surface area is 116 Å². The third kappa shape index (κ3) is 2.15. The van der Waals surface area contributed by atoms with Gasteiger partial charge in [0.2, 0.25) is 0 Å². The van der Waals surface area contributed by atoms with Crippen molar-refractivity contribution in [2.45, 2.75) is 0 Å². The Balaban J connectivity index is 2.46. The van der Waals surface area contributed by atoms with Gasteiger partial charge in [-0.05, 0) is 45.2 Å². The molecule has 0 amide bonds. The van der Waals surface area contributed by atoms with Gasteiger partial charge in [-0.1, -0.05) is 0 Å². The smallest absolute Gasteiger partial charge is 0.355 e. The maximum absolute atomic E-state index is 10.7. The van der Waals surface area contributed by atoms with E-state index in [1.165, 1.54) is 16.7 Å². The van der Waals surface area contributed by atoms with Crippen LogP contribution in [-0.2, 0) is 0 Å². The van der Waals surface area contributed by atoms with Gasteiger partial charge in [0.05, 0.1) is 0 Å². The quantitative estimate of drug-likeness (QED) is 0.718. The zero-order valence-corrected chi connectivity index (χ0v) is 12.1. The summed E-state index contributed by atoms with van der Waals surface area (Å²) in [4.78, 5) is 18.7. The molecule has 8 heteroatoms. The Kier molecular flexibility index (Phi) is 3.25. The van der Waals surface area contributed by atoms with Crippen molar-refractivity contribution in [2.75, 3.05) is 0 Å². The molecule has 0 saturated heterocycles. The second-order valence-electron chi connectivity index (χ2n) is 2.52. The topological polar surface area (TPSA) is 68.0 Å². The first kappa shape index (κ1) is 11.3. The fourth-order valence-electron chi connectivity index (χ4n) is 0.918. The summed E-state index contributed by atoms with van der Waals surface area (Å²) in [5.74, 6) is -1.01. The Morgan fingerprint density at radius 3 is 2.73 bits per heavy atom. The summed E-state index contributed by atoms with van der Waals surface area (Å²) in [6.07, 6.45) is 1.63. The van der Waals surface area contributed by atoms with Crippen LogP contribution in [0.5, 0.6) is 0 Å².